The molecule has 0 aliphatic carbocycles. The van der Waals surface area contributed by atoms with Gasteiger partial charge in [-0.2, -0.15) is 4.68 Å². The lowest BCUT2D eigenvalue weighted by Crippen LogP contribution is -2.36. The van der Waals surface area contributed by atoms with Gasteiger partial charge in [-0.15, -0.1) is 5.10 Å². The summed E-state index contributed by atoms with van der Waals surface area (Å²) >= 11 is 6.28. The van der Waals surface area contributed by atoms with Crippen molar-refractivity contribution >= 4 is 34.2 Å². The Morgan fingerprint density at radius 1 is 1.37 bits per heavy atom. The zero-order valence-corrected chi connectivity index (χ0v) is 11.4. The van der Waals surface area contributed by atoms with Gasteiger partial charge < -0.3 is 9.64 Å². The maximum atomic E-state index is 11.7. The van der Waals surface area contributed by atoms with E-state index in [2.05, 4.69) is 10.00 Å². The molecule has 0 N–H and O–H groups in total. The summed E-state index contributed by atoms with van der Waals surface area (Å²) in [6.07, 6.45) is 0. The first kappa shape index (κ1) is 12.4. The Morgan fingerprint density at radius 3 is 2.79 bits per heavy atom. The molecule has 19 heavy (non-hydrogen) atoms. The Kier molecular flexibility index (Phi) is 3.16. The summed E-state index contributed by atoms with van der Waals surface area (Å²) in [6.45, 7) is 4.35. The van der Waals surface area contributed by atoms with Crippen molar-refractivity contribution in [2.75, 3.05) is 31.2 Å². The van der Waals surface area contributed by atoms with E-state index in [4.69, 9.17) is 16.3 Å². The van der Waals surface area contributed by atoms with E-state index >= 15 is 0 Å². The average molecular weight is 280 g/mol. The molecule has 3 rings (SSSR count). The highest BCUT2D eigenvalue weighted by Gasteiger charge is 2.21. The minimum atomic E-state index is -0.119. The molecule has 0 unspecified atom stereocenters. The summed E-state index contributed by atoms with van der Waals surface area (Å²) in [5.74, 6) is 0.644. The van der Waals surface area contributed by atoms with Crippen LogP contribution < -0.4 is 4.90 Å². The normalized spacial score (nSPS) is 16.0. The van der Waals surface area contributed by atoms with E-state index in [0.29, 0.717) is 18.2 Å². The number of morpholine rings is 1. The summed E-state index contributed by atoms with van der Waals surface area (Å²) < 4.78 is 6.75. The molecule has 100 valence electrons. The van der Waals surface area contributed by atoms with Crippen molar-refractivity contribution in [3.05, 3.63) is 23.2 Å². The van der Waals surface area contributed by atoms with Gasteiger partial charge in [0.05, 0.1) is 29.1 Å². The summed E-state index contributed by atoms with van der Waals surface area (Å²) in [7, 11) is 0. The molecule has 1 aliphatic heterocycles. The molecule has 5 nitrogen and oxygen atoms in total. The molecule has 0 amide bonds. The molecular formula is C13H14ClN3O2. The number of rotatable bonds is 1. The van der Waals surface area contributed by atoms with Crippen molar-refractivity contribution in [3.8, 4) is 0 Å². The van der Waals surface area contributed by atoms with Gasteiger partial charge in [0.15, 0.2) is 5.82 Å². The summed E-state index contributed by atoms with van der Waals surface area (Å²) in [6, 6.07) is 5.51. The van der Waals surface area contributed by atoms with Crippen molar-refractivity contribution in [3.63, 3.8) is 0 Å². The molecule has 0 saturated carbocycles. The van der Waals surface area contributed by atoms with Gasteiger partial charge in [0.2, 0.25) is 5.91 Å². The summed E-state index contributed by atoms with van der Waals surface area (Å²) in [4.78, 5) is 13.8. The van der Waals surface area contributed by atoms with Gasteiger partial charge in [-0.25, -0.2) is 0 Å². The van der Waals surface area contributed by atoms with Gasteiger partial charge in [0.25, 0.3) is 0 Å². The Balaban J connectivity index is 2.20. The third kappa shape index (κ3) is 2.09. The molecular weight excluding hydrogens is 266 g/mol. The SMILES string of the molecule is CC(=O)n1nc(N2CCOCC2)c2c(Cl)cccc21. The summed E-state index contributed by atoms with van der Waals surface area (Å²) in [5, 5.41) is 5.88. The number of carbonyl (C=O) groups excluding carboxylic acids is 1. The molecule has 0 radical (unpaired) electrons. The molecule has 0 atom stereocenters. The predicted molar refractivity (Wildman–Crippen MR) is 74.1 cm³/mol. The van der Waals surface area contributed by atoms with Crippen LogP contribution in [0.5, 0.6) is 0 Å². The smallest absolute Gasteiger partial charge is 0.244 e. The number of hydrogen-bond acceptors (Lipinski definition) is 4. The summed E-state index contributed by atoms with van der Waals surface area (Å²) in [5.41, 5.74) is 0.751. The van der Waals surface area contributed by atoms with Crippen LogP contribution >= 0.6 is 11.6 Å². The van der Waals surface area contributed by atoms with Crippen molar-refractivity contribution in [2.45, 2.75) is 6.92 Å². The zero-order valence-electron chi connectivity index (χ0n) is 10.6. The number of nitrogens with zero attached hydrogens (tertiary/aromatic N) is 3. The van der Waals surface area contributed by atoms with Crippen LogP contribution in [-0.2, 0) is 4.74 Å². The molecule has 0 bridgehead atoms. The van der Waals surface area contributed by atoms with E-state index in [1.54, 1.807) is 0 Å². The molecule has 2 aromatic rings. The number of ether oxygens (including phenoxy) is 1. The van der Waals surface area contributed by atoms with E-state index < -0.39 is 0 Å². The Hall–Kier alpha value is -1.59. The van der Waals surface area contributed by atoms with Crippen LogP contribution in [0.25, 0.3) is 10.9 Å². The molecule has 6 heteroatoms. The van der Waals surface area contributed by atoms with Crippen LogP contribution in [0.4, 0.5) is 5.82 Å². The second-order valence-electron chi connectivity index (χ2n) is 4.49. The van der Waals surface area contributed by atoms with E-state index in [-0.39, 0.29) is 5.91 Å². The standard InChI is InChI=1S/C13H14ClN3O2/c1-9(18)17-11-4-2-3-10(14)12(11)13(15-17)16-5-7-19-8-6-16/h2-4H,5-8H2,1H3. The van der Waals surface area contributed by atoms with Gasteiger partial charge in [-0.3, -0.25) is 4.79 Å². The first-order valence-corrected chi connectivity index (χ1v) is 6.57. The van der Waals surface area contributed by atoms with Gasteiger partial charge in [-0.1, -0.05) is 17.7 Å². The number of anilines is 1. The lowest BCUT2D eigenvalue weighted by molar-refractivity contribution is 0.0926. The van der Waals surface area contributed by atoms with Gasteiger partial charge >= 0.3 is 0 Å². The van der Waals surface area contributed by atoms with Crippen LogP contribution in [0, 0.1) is 0 Å². The molecule has 2 heterocycles. The number of benzene rings is 1. The number of hydrogen-bond donors (Lipinski definition) is 0. The van der Waals surface area contributed by atoms with Crippen molar-refractivity contribution in [1.29, 1.82) is 0 Å². The van der Waals surface area contributed by atoms with Gasteiger partial charge in [0.1, 0.15) is 0 Å². The first-order chi connectivity index (χ1) is 9.18. The van der Waals surface area contributed by atoms with Crippen LogP contribution in [-0.4, -0.2) is 42.0 Å². The number of fused-ring (bicyclic) bond motifs is 1. The lowest BCUT2D eigenvalue weighted by atomic mass is 10.2. The fraction of sp³-hybridized carbons (Fsp3) is 0.385. The highest BCUT2D eigenvalue weighted by atomic mass is 35.5. The molecule has 1 aromatic carbocycles. The van der Waals surface area contributed by atoms with Gasteiger partial charge in [-0.05, 0) is 12.1 Å². The monoisotopic (exact) mass is 279 g/mol. The third-order valence-corrected chi connectivity index (χ3v) is 3.56. The number of carbonyl (C=O) groups is 1. The van der Waals surface area contributed by atoms with E-state index in [9.17, 15) is 4.79 Å². The Bertz CT molecular complexity index is 632. The molecule has 1 aromatic heterocycles. The van der Waals surface area contributed by atoms with Crippen LogP contribution in [0.1, 0.15) is 11.7 Å². The Labute approximate surface area is 115 Å². The molecule has 1 aliphatic rings. The predicted octanol–water partition coefficient (Wildman–Crippen LogP) is 2.19. The fourth-order valence-electron chi connectivity index (χ4n) is 2.35. The van der Waals surface area contributed by atoms with Crippen LogP contribution in [0.15, 0.2) is 18.2 Å². The maximum absolute atomic E-state index is 11.7. The minimum absolute atomic E-state index is 0.119. The zero-order chi connectivity index (χ0) is 13.4. The van der Waals surface area contributed by atoms with E-state index in [1.807, 2.05) is 18.2 Å². The second kappa shape index (κ2) is 4.83. The van der Waals surface area contributed by atoms with E-state index in [1.165, 1.54) is 11.6 Å². The van der Waals surface area contributed by atoms with Crippen LogP contribution in [0.3, 0.4) is 0 Å². The van der Waals surface area contributed by atoms with Gasteiger partial charge in [0, 0.05) is 20.0 Å². The molecule has 1 fully saturated rings. The quantitative estimate of drug-likeness (QED) is 0.803. The lowest BCUT2D eigenvalue weighted by Gasteiger charge is -2.27. The fourth-order valence-corrected chi connectivity index (χ4v) is 2.60. The third-order valence-electron chi connectivity index (χ3n) is 3.25. The number of halogens is 1. The van der Waals surface area contributed by atoms with Crippen molar-refractivity contribution < 1.29 is 9.53 Å². The maximum Gasteiger partial charge on any atom is 0.244 e. The average Bonchev–Trinajstić information content (AvgIpc) is 2.81. The number of aromatic nitrogens is 2. The highest BCUT2D eigenvalue weighted by molar-refractivity contribution is 6.36. The van der Waals surface area contributed by atoms with E-state index in [0.717, 1.165) is 29.8 Å². The van der Waals surface area contributed by atoms with Crippen molar-refractivity contribution in [2.24, 2.45) is 0 Å². The first-order valence-electron chi connectivity index (χ1n) is 6.19. The second-order valence-corrected chi connectivity index (χ2v) is 4.90. The molecule has 0 spiro atoms. The van der Waals surface area contributed by atoms with Crippen molar-refractivity contribution in [1.82, 2.24) is 9.78 Å². The van der Waals surface area contributed by atoms with Crippen LogP contribution in [0.2, 0.25) is 5.02 Å². The minimum Gasteiger partial charge on any atom is -0.378 e. The largest absolute Gasteiger partial charge is 0.378 e. The topological polar surface area (TPSA) is 47.4 Å². The highest BCUT2D eigenvalue weighted by Crippen LogP contribution is 2.32. The molecule has 1 saturated heterocycles. The Morgan fingerprint density at radius 2 is 2.11 bits per heavy atom.